The zero-order valence-corrected chi connectivity index (χ0v) is 12.9. The van der Waals surface area contributed by atoms with E-state index < -0.39 is 0 Å². The van der Waals surface area contributed by atoms with Crippen LogP contribution in [0.25, 0.3) is 22.6 Å². The summed E-state index contributed by atoms with van der Waals surface area (Å²) < 4.78 is 18.9. The van der Waals surface area contributed by atoms with E-state index in [9.17, 15) is 9.18 Å². The van der Waals surface area contributed by atoms with Gasteiger partial charge in [-0.2, -0.15) is 0 Å². The molecule has 0 saturated heterocycles. The van der Waals surface area contributed by atoms with Gasteiger partial charge in [-0.3, -0.25) is 9.78 Å². The first-order valence-corrected chi connectivity index (χ1v) is 7.57. The molecule has 2 aromatic heterocycles. The Kier molecular flexibility index (Phi) is 3.70. The Morgan fingerprint density at radius 1 is 1.08 bits per heavy atom. The molecule has 1 amide bonds. The Balaban J connectivity index is 1.56. The van der Waals surface area contributed by atoms with E-state index in [1.807, 2.05) is 0 Å². The lowest BCUT2D eigenvalue weighted by molar-refractivity contribution is 0.102. The molecule has 0 aliphatic carbocycles. The molecule has 2 heterocycles. The van der Waals surface area contributed by atoms with Crippen LogP contribution in [-0.2, 0) is 0 Å². The third kappa shape index (κ3) is 3.10. The van der Waals surface area contributed by atoms with Crippen molar-refractivity contribution < 1.29 is 13.6 Å². The zero-order valence-electron chi connectivity index (χ0n) is 12.9. The average Bonchev–Trinajstić information content (AvgIpc) is 3.06. The number of hydrogen-bond acceptors (Lipinski definition) is 4. The third-order valence-electron chi connectivity index (χ3n) is 3.66. The largest absolute Gasteiger partial charge is 0.436 e. The van der Waals surface area contributed by atoms with Gasteiger partial charge in [-0.05, 0) is 48.5 Å². The van der Waals surface area contributed by atoms with Crippen molar-refractivity contribution in [1.82, 2.24) is 9.97 Å². The number of pyridine rings is 1. The van der Waals surface area contributed by atoms with Crippen LogP contribution >= 0.6 is 0 Å². The highest BCUT2D eigenvalue weighted by molar-refractivity contribution is 6.04. The number of anilines is 1. The number of aromatic nitrogens is 2. The Morgan fingerprint density at radius 2 is 1.92 bits per heavy atom. The summed E-state index contributed by atoms with van der Waals surface area (Å²) in [7, 11) is 0. The molecule has 0 radical (unpaired) electrons. The highest BCUT2D eigenvalue weighted by atomic mass is 19.1. The van der Waals surface area contributed by atoms with Crippen molar-refractivity contribution in [3.63, 3.8) is 0 Å². The van der Waals surface area contributed by atoms with Crippen LogP contribution < -0.4 is 5.32 Å². The van der Waals surface area contributed by atoms with Crippen molar-refractivity contribution in [1.29, 1.82) is 0 Å². The van der Waals surface area contributed by atoms with Crippen molar-refractivity contribution in [3.05, 3.63) is 78.4 Å². The zero-order chi connectivity index (χ0) is 17.2. The maximum absolute atomic E-state index is 13.2. The fourth-order valence-electron chi connectivity index (χ4n) is 2.42. The number of hydrogen-bond donors (Lipinski definition) is 1. The molecule has 122 valence electrons. The van der Waals surface area contributed by atoms with Gasteiger partial charge in [-0.25, -0.2) is 9.37 Å². The quantitative estimate of drug-likeness (QED) is 0.607. The summed E-state index contributed by atoms with van der Waals surface area (Å²) in [6.07, 6.45) is 3.11. The van der Waals surface area contributed by atoms with Gasteiger partial charge in [-0.15, -0.1) is 0 Å². The van der Waals surface area contributed by atoms with Gasteiger partial charge in [0.2, 0.25) is 5.89 Å². The third-order valence-corrected chi connectivity index (χ3v) is 3.66. The molecular formula is C19H12FN3O2. The minimum absolute atomic E-state index is 0.238. The van der Waals surface area contributed by atoms with E-state index in [4.69, 9.17) is 4.42 Å². The molecule has 6 heteroatoms. The van der Waals surface area contributed by atoms with Gasteiger partial charge in [0.1, 0.15) is 11.3 Å². The summed E-state index contributed by atoms with van der Waals surface area (Å²) in [5.41, 5.74) is 2.83. The number of carbonyl (C=O) groups is 1. The number of benzene rings is 2. The lowest BCUT2D eigenvalue weighted by atomic mass is 10.2. The van der Waals surface area contributed by atoms with E-state index in [1.54, 1.807) is 48.7 Å². The van der Waals surface area contributed by atoms with Gasteiger partial charge >= 0.3 is 0 Å². The van der Waals surface area contributed by atoms with E-state index in [0.717, 1.165) is 5.56 Å². The number of amides is 1. The molecule has 0 unspecified atom stereocenters. The predicted molar refractivity (Wildman–Crippen MR) is 91.6 cm³/mol. The van der Waals surface area contributed by atoms with Gasteiger partial charge in [0.15, 0.2) is 5.58 Å². The standard InChI is InChI=1S/C19H12FN3O2/c20-14-5-8-17-16(10-14)23-19(25-17)12-3-6-15(7-4-12)22-18(24)13-2-1-9-21-11-13/h1-11H,(H,22,24). The summed E-state index contributed by atoms with van der Waals surface area (Å²) in [5, 5.41) is 2.79. The number of oxazole rings is 1. The van der Waals surface area contributed by atoms with Crippen molar-refractivity contribution >= 4 is 22.7 Å². The Labute approximate surface area is 142 Å². The van der Waals surface area contributed by atoms with E-state index >= 15 is 0 Å². The van der Waals surface area contributed by atoms with Gasteiger partial charge in [0, 0.05) is 29.7 Å². The molecule has 5 nitrogen and oxygen atoms in total. The van der Waals surface area contributed by atoms with E-state index in [1.165, 1.54) is 18.3 Å². The molecule has 4 aromatic rings. The topological polar surface area (TPSA) is 68.0 Å². The van der Waals surface area contributed by atoms with Gasteiger partial charge in [0.25, 0.3) is 5.91 Å². The molecule has 0 spiro atoms. The highest BCUT2D eigenvalue weighted by Gasteiger charge is 2.10. The molecule has 0 aliphatic heterocycles. The number of halogens is 1. The second kappa shape index (κ2) is 6.16. The van der Waals surface area contributed by atoms with Gasteiger partial charge in [0.05, 0.1) is 5.56 Å². The van der Waals surface area contributed by atoms with Crippen molar-refractivity contribution in [3.8, 4) is 11.5 Å². The number of nitrogens with one attached hydrogen (secondary N) is 1. The lowest BCUT2D eigenvalue weighted by Gasteiger charge is -2.05. The summed E-state index contributed by atoms with van der Waals surface area (Å²) in [6, 6.07) is 14.6. The fraction of sp³-hybridized carbons (Fsp3) is 0. The predicted octanol–water partition coefficient (Wildman–Crippen LogP) is 4.28. The first-order chi connectivity index (χ1) is 12.2. The van der Waals surface area contributed by atoms with Crippen molar-refractivity contribution in [2.24, 2.45) is 0 Å². The van der Waals surface area contributed by atoms with Crippen LogP contribution in [0.1, 0.15) is 10.4 Å². The smallest absolute Gasteiger partial charge is 0.257 e. The van der Waals surface area contributed by atoms with Crippen LogP contribution in [0.5, 0.6) is 0 Å². The van der Waals surface area contributed by atoms with Crippen LogP contribution in [-0.4, -0.2) is 15.9 Å². The maximum Gasteiger partial charge on any atom is 0.257 e. The molecule has 4 rings (SSSR count). The molecule has 0 atom stereocenters. The fourth-order valence-corrected chi connectivity index (χ4v) is 2.42. The highest BCUT2D eigenvalue weighted by Crippen LogP contribution is 2.25. The summed E-state index contributed by atoms with van der Waals surface area (Å²) in [4.78, 5) is 20.3. The monoisotopic (exact) mass is 333 g/mol. The first-order valence-electron chi connectivity index (χ1n) is 7.57. The molecule has 2 aromatic carbocycles. The molecule has 25 heavy (non-hydrogen) atoms. The van der Waals surface area contributed by atoms with Crippen molar-refractivity contribution in [2.75, 3.05) is 5.32 Å². The second-order valence-electron chi connectivity index (χ2n) is 5.40. The minimum atomic E-state index is -0.360. The van der Waals surface area contributed by atoms with Crippen LogP contribution in [0.15, 0.2) is 71.4 Å². The second-order valence-corrected chi connectivity index (χ2v) is 5.40. The summed E-state index contributed by atoms with van der Waals surface area (Å²) in [5.74, 6) is -0.204. The van der Waals surface area contributed by atoms with Crippen LogP contribution in [0, 0.1) is 5.82 Å². The van der Waals surface area contributed by atoms with Crippen LogP contribution in [0.3, 0.4) is 0 Å². The molecular weight excluding hydrogens is 321 g/mol. The minimum Gasteiger partial charge on any atom is -0.436 e. The molecule has 0 bridgehead atoms. The van der Waals surface area contributed by atoms with E-state index in [0.29, 0.717) is 28.2 Å². The Morgan fingerprint density at radius 3 is 2.68 bits per heavy atom. The van der Waals surface area contributed by atoms with Crippen LogP contribution in [0.2, 0.25) is 0 Å². The molecule has 1 N–H and O–H groups in total. The van der Waals surface area contributed by atoms with Gasteiger partial charge < -0.3 is 9.73 Å². The summed E-state index contributed by atoms with van der Waals surface area (Å²) in [6.45, 7) is 0. The molecule has 0 aliphatic rings. The molecule has 0 saturated carbocycles. The molecule has 0 fully saturated rings. The van der Waals surface area contributed by atoms with Crippen molar-refractivity contribution in [2.45, 2.75) is 0 Å². The SMILES string of the molecule is O=C(Nc1ccc(-c2nc3cc(F)ccc3o2)cc1)c1cccnc1. The summed E-state index contributed by atoms with van der Waals surface area (Å²) >= 11 is 0. The van der Waals surface area contributed by atoms with E-state index in [2.05, 4.69) is 15.3 Å². The van der Waals surface area contributed by atoms with Crippen LogP contribution in [0.4, 0.5) is 10.1 Å². The Bertz CT molecular complexity index is 1040. The number of carbonyl (C=O) groups excluding carboxylic acids is 1. The average molecular weight is 333 g/mol. The van der Waals surface area contributed by atoms with Gasteiger partial charge in [-0.1, -0.05) is 0 Å². The first kappa shape index (κ1) is 15.0. The maximum atomic E-state index is 13.2. The van der Waals surface area contributed by atoms with E-state index in [-0.39, 0.29) is 11.7 Å². The lowest BCUT2D eigenvalue weighted by Crippen LogP contribution is -2.11. The number of nitrogens with zero attached hydrogens (tertiary/aromatic N) is 2. The number of fused-ring (bicyclic) bond motifs is 1. The normalized spacial score (nSPS) is 10.8. The number of rotatable bonds is 3. The Hall–Kier alpha value is -3.54.